The number of ketones is 1. The van der Waals surface area contributed by atoms with Crippen molar-refractivity contribution in [3.8, 4) is 0 Å². The minimum absolute atomic E-state index is 0.322. The van der Waals surface area contributed by atoms with Crippen LogP contribution >= 0.6 is 0 Å². The van der Waals surface area contributed by atoms with E-state index >= 15 is 0 Å². The quantitative estimate of drug-likeness (QED) is 0.683. The van der Waals surface area contributed by atoms with Crippen molar-refractivity contribution < 1.29 is 4.79 Å². The summed E-state index contributed by atoms with van der Waals surface area (Å²) >= 11 is 0. The fraction of sp³-hybridized carbons (Fsp3) is 0.800. The summed E-state index contributed by atoms with van der Waals surface area (Å²) in [5, 5.41) is 0. The average Bonchev–Trinajstić information content (AvgIpc) is 2.71. The zero-order valence-electron chi connectivity index (χ0n) is 11.2. The standard InChI is InChI=1S/C15H25NO/c1-3-5-13-6-4-7-14-10-16(11-15(13)14)9-8-12(2)17/h4,6,13-15H,3,5,7-11H2,1-2H3. The van der Waals surface area contributed by atoms with E-state index in [2.05, 4.69) is 24.0 Å². The van der Waals surface area contributed by atoms with Crippen molar-refractivity contribution in [2.75, 3.05) is 19.6 Å². The molecule has 0 aromatic carbocycles. The van der Waals surface area contributed by atoms with E-state index in [1.165, 1.54) is 32.4 Å². The minimum Gasteiger partial charge on any atom is -0.302 e. The lowest BCUT2D eigenvalue weighted by Gasteiger charge is -2.28. The van der Waals surface area contributed by atoms with E-state index in [1.807, 2.05) is 0 Å². The maximum atomic E-state index is 11.0. The van der Waals surface area contributed by atoms with Gasteiger partial charge in [-0.3, -0.25) is 4.79 Å². The molecule has 0 spiro atoms. The summed E-state index contributed by atoms with van der Waals surface area (Å²) in [6.45, 7) is 7.38. The smallest absolute Gasteiger partial charge is 0.131 e. The number of nitrogens with zero attached hydrogens (tertiary/aromatic N) is 1. The number of likely N-dealkylation sites (tertiary alicyclic amines) is 1. The highest BCUT2D eigenvalue weighted by Gasteiger charge is 2.37. The largest absolute Gasteiger partial charge is 0.302 e. The monoisotopic (exact) mass is 235 g/mol. The second-order valence-electron chi connectivity index (χ2n) is 5.75. The van der Waals surface area contributed by atoms with Gasteiger partial charge >= 0.3 is 0 Å². The van der Waals surface area contributed by atoms with Gasteiger partial charge in [-0.2, -0.15) is 0 Å². The molecule has 1 aliphatic carbocycles. The van der Waals surface area contributed by atoms with Crippen molar-refractivity contribution >= 4 is 5.78 Å². The summed E-state index contributed by atoms with van der Waals surface area (Å²) in [4.78, 5) is 13.5. The van der Waals surface area contributed by atoms with Crippen LogP contribution in [0, 0.1) is 17.8 Å². The van der Waals surface area contributed by atoms with Crippen molar-refractivity contribution in [1.29, 1.82) is 0 Å². The summed E-state index contributed by atoms with van der Waals surface area (Å²) in [7, 11) is 0. The molecule has 0 N–H and O–H groups in total. The summed E-state index contributed by atoms with van der Waals surface area (Å²) in [6, 6.07) is 0. The van der Waals surface area contributed by atoms with Crippen LogP contribution in [-0.2, 0) is 4.79 Å². The number of carbonyl (C=O) groups is 1. The van der Waals surface area contributed by atoms with Crippen LogP contribution in [0.3, 0.4) is 0 Å². The molecule has 0 amide bonds. The Hall–Kier alpha value is -0.630. The first-order valence-corrected chi connectivity index (χ1v) is 7.09. The van der Waals surface area contributed by atoms with Crippen molar-refractivity contribution in [2.24, 2.45) is 17.8 Å². The van der Waals surface area contributed by atoms with E-state index in [9.17, 15) is 4.79 Å². The number of hydrogen-bond donors (Lipinski definition) is 0. The van der Waals surface area contributed by atoms with Gasteiger partial charge in [0.25, 0.3) is 0 Å². The Bertz CT molecular complexity index is 297. The van der Waals surface area contributed by atoms with Gasteiger partial charge in [0.05, 0.1) is 0 Å². The molecule has 3 atom stereocenters. The lowest BCUT2D eigenvalue weighted by atomic mass is 9.76. The Morgan fingerprint density at radius 1 is 1.41 bits per heavy atom. The Balaban J connectivity index is 1.88. The van der Waals surface area contributed by atoms with Crippen molar-refractivity contribution in [3.63, 3.8) is 0 Å². The predicted octanol–water partition coefficient (Wildman–Crippen LogP) is 2.89. The highest BCUT2D eigenvalue weighted by atomic mass is 16.1. The van der Waals surface area contributed by atoms with Crippen LogP contribution in [0.25, 0.3) is 0 Å². The molecule has 1 heterocycles. The fourth-order valence-corrected chi connectivity index (χ4v) is 3.44. The molecule has 3 unspecified atom stereocenters. The van der Waals surface area contributed by atoms with E-state index in [4.69, 9.17) is 0 Å². The molecule has 0 aromatic rings. The number of hydrogen-bond acceptors (Lipinski definition) is 2. The number of carbonyl (C=O) groups excluding carboxylic acids is 1. The maximum absolute atomic E-state index is 11.0. The first-order chi connectivity index (χ1) is 8.20. The zero-order valence-corrected chi connectivity index (χ0v) is 11.2. The third-order valence-corrected chi connectivity index (χ3v) is 4.34. The van der Waals surface area contributed by atoms with Gasteiger partial charge in [0.2, 0.25) is 0 Å². The molecule has 2 rings (SSSR count). The van der Waals surface area contributed by atoms with E-state index < -0.39 is 0 Å². The number of fused-ring (bicyclic) bond motifs is 1. The normalized spacial score (nSPS) is 32.7. The summed E-state index contributed by atoms with van der Waals surface area (Å²) in [5.41, 5.74) is 0. The van der Waals surface area contributed by atoms with E-state index in [-0.39, 0.29) is 0 Å². The van der Waals surface area contributed by atoms with Crippen LogP contribution in [0.15, 0.2) is 12.2 Å². The van der Waals surface area contributed by atoms with E-state index in [0.29, 0.717) is 5.78 Å². The van der Waals surface area contributed by atoms with Crippen LogP contribution in [0.5, 0.6) is 0 Å². The van der Waals surface area contributed by atoms with Crippen molar-refractivity contribution in [1.82, 2.24) is 4.90 Å². The Morgan fingerprint density at radius 3 is 2.94 bits per heavy atom. The molecule has 0 radical (unpaired) electrons. The van der Waals surface area contributed by atoms with Crippen LogP contribution in [0.2, 0.25) is 0 Å². The van der Waals surface area contributed by atoms with Crippen molar-refractivity contribution in [2.45, 2.75) is 39.5 Å². The van der Waals surface area contributed by atoms with Gasteiger partial charge in [-0.25, -0.2) is 0 Å². The highest BCUT2D eigenvalue weighted by Crippen LogP contribution is 2.38. The van der Waals surface area contributed by atoms with Crippen LogP contribution < -0.4 is 0 Å². The van der Waals surface area contributed by atoms with Crippen LogP contribution in [0.4, 0.5) is 0 Å². The summed E-state index contributed by atoms with van der Waals surface area (Å²) in [5.74, 6) is 2.82. The van der Waals surface area contributed by atoms with Gasteiger partial charge in [-0.15, -0.1) is 0 Å². The van der Waals surface area contributed by atoms with Gasteiger partial charge in [0.1, 0.15) is 5.78 Å². The van der Waals surface area contributed by atoms with Crippen LogP contribution in [-0.4, -0.2) is 30.3 Å². The summed E-state index contributed by atoms with van der Waals surface area (Å²) < 4.78 is 0. The fourth-order valence-electron chi connectivity index (χ4n) is 3.44. The third kappa shape index (κ3) is 3.19. The second-order valence-corrected chi connectivity index (χ2v) is 5.75. The SMILES string of the molecule is CCCC1C=CCC2CN(CCC(C)=O)CC12. The molecule has 2 aliphatic rings. The molecule has 2 heteroatoms. The predicted molar refractivity (Wildman–Crippen MR) is 70.9 cm³/mol. The molecule has 96 valence electrons. The van der Waals surface area contributed by atoms with E-state index in [0.717, 1.165) is 30.7 Å². The lowest BCUT2D eigenvalue weighted by molar-refractivity contribution is -0.117. The molecule has 1 fully saturated rings. The number of Topliss-reactive ketones (excluding diaryl/α,β-unsaturated/α-hetero) is 1. The number of rotatable bonds is 5. The molecule has 1 aliphatic heterocycles. The second kappa shape index (κ2) is 5.81. The first kappa shape index (κ1) is 12.8. The molecule has 0 aromatic heterocycles. The van der Waals surface area contributed by atoms with Gasteiger partial charge < -0.3 is 4.90 Å². The molecule has 2 nitrogen and oxygen atoms in total. The lowest BCUT2D eigenvalue weighted by Crippen LogP contribution is -2.25. The zero-order chi connectivity index (χ0) is 12.3. The maximum Gasteiger partial charge on any atom is 0.131 e. The Kier molecular flexibility index (Phi) is 4.38. The number of allylic oxidation sites excluding steroid dienone is 2. The molecule has 1 saturated heterocycles. The molecular weight excluding hydrogens is 210 g/mol. The van der Waals surface area contributed by atoms with Crippen molar-refractivity contribution in [3.05, 3.63) is 12.2 Å². The molecular formula is C15H25NO. The molecule has 17 heavy (non-hydrogen) atoms. The Labute approximate surface area is 105 Å². The minimum atomic E-state index is 0.322. The third-order valence-electron chi connectivity index (χ3n) is 4.34. The van der Waals surface area contributed by atoms with E-state index in [1.54, 1.807) is 6.92 Å². The van der Waals surface area contributed by atoms with Gasteiger partial charge in [0, 0.05) is 26.1 Å². The molecule has 0 saturated carbocycles. The van der Waals surface area contributed by atoms with Crippen LogP contribution in [0.1, 0.15) is 39.5 Å². The average molecular weight is 235 g/mol. The topological polar surface area (TPSA) is 20.3 Å². The first-order valence-electron chi connectivity index (χ1n) is 7.09. The molecule has 0 bridgehead atoms. The highest BCUT2D eigenvalue weighted by molar-refractivity contribution is 5.75. The van der Waals surface area contributed by atoms with Gasteiger partial charge in [-0.1, -0.05) is 25.5 Å². The van der Waals surface area contributed by atoms with Gasteiger partial charge in [-0.05, 0) is 37.5 Å². The Morgan fingerprint density at radius 2 is 2.24 bits per heavy atom. The van der Waals surface area contributed by atoms with Gasteiger partial charge in [0.15, 0.2) is 0 Å². The summed E-state index contributed by atoms with van der Waals surface area (Å²) in [6.07, 6.45) is 9.42.